The summed E-state index contributed by atoms with van der Waals surface area (Å²) < 4.78 is 5.24. The number of carbonyl (C=O) groups excluding carboxylic acids is 3. The fourth-order valence-electron chi connectivity index (χ4n) is 3.17. The molecule has 7 nitrogen and oxygen atoms in total. The molecule has 0 saturated heterocycles. The summed E-state index contributed by atoms with van der Waals surface area (Å²) in [6, 6.07) is 22.9. The molecule has 0 atom stereocenters. The van der Waals surface area contributed by atoms with Gasteiger partial charge in [0, 0.05) is 15.8 Å². The van der Waals surface area contributed by atoms with E-state index < -0.39 is 18.5 Å². The Balaban J connectivity index is 1.40. The normalized spacial score (nSPS) is 12.3. The molecule has 34 heavy (non-hydrogen) atoms. The maximum absolute atomic E-state index is 12.7. The molecule has 1 fully saturated rings. The second-order valence-electron chi connectivity index (χ2n) is 7.62. The molecule has 2 N–H and O–H groups in total. The van der Waals surface area contributed by atoms with Crippen LogP contribution < -0.4 is 10.6 Å². The molecule has 3 aromatic rings. The zero-order valence-corrected chi connectivity index (χ0v) is 18.9. The Morgan fingerprint density at radius 3 is 2.29 bits per heavy atom. The smallest absolute Gasteiger partial charge is 0.339 e. The van der Waals surface area contributed by atoms with Crippen LogP contribution in [0, 0.1) is 11.3 Å². The summed E-state index contributed by atoms with van der Waals surface area (Å²) in [6.07, 6.45) is 1.91. The van der Waals surface area contributed by atoms with Gasteiger partial charge in [-0.2, -0.15) is 5.26 Å². The minimum Gasteiger partial charge on any atom is -0.452 e. The molecule has 0 aliphatic heterocycles. The average molecular weight is 472 g/mol. The Bertz CT molecular complexity index is 1280. The van der Waals surface area contributed by atoms with Crippen LogP contribution in [0.4, 0.5) is 5.69 Å². The minimum absolute atomic E-state index is 0.190. The van der Waals surface area contributed by atoms with Crippen LogP contribution in [-0.2, 0) is 9.53 Å². The molecule has 170 valence electrons. The molecule has 0 bridgehead atoms. The van der Waals surface area contributed by atoms with E-state index in [4.69, 9.17) is 4.74 Å². The van der Waals surface area contributed by atoms with Crippen molar-refractivity contribution in [3.63, 3.8) is 0 Å². The van der Waals surface area contributed by atoms with Gasteiger partial charge >= 0.3 is 5.97 Å². The van der Waals surface area contributed by atoms with Crippen molar-refractivity contribution in [3.05, 3.63) is 89.5 Å². The lowest BCUT2D eigenvalue weighted by Gasteiger charge is -2.12. The number of anilines is 1. The van der Waals surface area contributed by atoms with Gasteiger partial charge in [-0.25, -0.2) is 4.79 Å². The highest BCUT2D eigenvalue weighted by molar-refractivity contribution is 7.99. The molecule has 8 heteroatoms. The Morgan fingerprint density at radius 1 is 0.912 bits per heavy atom. The molecular weight excluding hydrogens is 450 g/mol. The second kappa shape index (κ2) is 10.7. The first-order valence-electron chi connectivity index (χ1n) is 10.7. The van der Waals surface area contributed by atoms with E-state index in [0.29, 0.717) is 26.6 Å². The Labute approximate surface area is 201 Å². The van der Waals surface area contributed by atoms with Crippen LogP contribution in [-0.4, -0.2) is 30.4 Å². The lowest BCUT2D eigenvalue weighted by atomic mass is 10.1. The number of hydrogen-bond acceptors (Lipinski definition) is 6. The first kappa shape index (κ1) is 23.1. The minimum atomic E-state index is -0.660. The van der Waals surface area contributed by atoms with E-state index in [9.17, 15) is 19.6 Å². The van der Waals surface area contributed by atoms with Crippen molar-refractivity contribution in [1.29, 1.82) is 5.26 Å². The summed E-state index contributed by atoms with van der Waals surface area (Å²) in [5.41, 5.74) is 1.49. The van der Waals surface area contributed by atoms with Gasteiger partial charge < -0.3 is 15.4 Å². The predicted molar refractivity (Wildman–Crippen MR) is 128 cm³/mol. The Kier molecular flexibility index (Phi) is 7.25. The van der Waals surface area contributed by atoms with Crippen molar-refractivity contribution in [1.82, 2.24) is 5.32 Å². The summed E-state index contributed by atoms with van der Waals surface area (Å²) in [5.74, 6) is -1.47. The van der Waals surface area contributed by atoms with Crippen LogP contribution in [0.5, 0.6) is 0 Å². The number of nitrogens with zero attached hydrogens (tertiary/aromatic N) is 1. The van der Waals surface area contributed by atoms with Gasteiger partial charge in [0.05, 0.1) is 22.4 Å². The third-order valence-electron chi connectivity index (χ3n) is 5.03. The summed E-state index contributed by atoms with van der Waals surface area (Å²) in [7, 11) is 0. The standard InChI is InChI=1S/C26H21N3O4S/c27-15-17-7-1-5-11-22(17)34-23-12-6-3-9-20(23)26(32)33-16-24(30)29-21-10-4-2-8-19(21)25(31)28-18-13-14-18/h1-12,18H,13-14,16H2,(H,28,31)(H,29,30). The lowest BCUT2D eigenvalue weighted by molar-refractivity contribution is -0.119. The van der Waals surface area contributed by atoms with Crippen molar-refractivity contribution >= 4 is 35.2 Å². The third-order valence-corrected chi connectivity index (χ3v) is 6.18. The van der Waals surface area contributed by atoms with Crippen LogP contribution in [0.3, 0.4) is 0 Å². The van der Waals surface area contributed by atoms with Crippen LogP contribution in [0.15, 0.2) is 82.6 Å². The molecular formula is C26H21N3O4S. The van der Waals surface area contributed by atoms with Crippen LogP contribution >= 0.6 is 11.8 Å². The van der Waals surface area contributed by atoms with E-state index in [2.05, 4.69) is 16.7 Å². The number of nitrogens with one attached hydrogen (secondary N) is 2. The fourth-order valence-corrected chi connectivity index (χ4v) is 4.18. The van der Waals surface area contributed by atoms with E-state index in [1.54, 1.807) is 66.7 Å². The number of amides is 2. The number of esters is 1. The topological polar surface area (TPSA) is 108 Å². The van der Waals surface area contributed by atoms with Crippen molar-refractivity contribution in [3.8, 4) is 6.07 Å². The maximum atomic E-state index is 12.7. The molecule has 0 radical (unpaired) electrons. The van der Waals surface area contributed by atoms with E-state index in [1.807, 2.05) is 6.07 Å². The number of para-hydroxylation sites is 1. The predicted octanol–water partition coefficient (Wildman–Crippen LogP) is 4.40. The largest absolute Gasteiger partial charge is 0.452 e. The van der Waals surface area contributed by atoms with E-state index in [-0.39, 0.29) is 17.5 Å². The molecule has 1 aliphatic rings. The monoisotopic (exact) mass is 471 g/mol. The molecule has 0 spiro atoms. The Morgan fingerprint density at radius 2 is 1.56 bits per heavy atom. The van der Waals surface area contributed by atoms with Gasteiger partial charge in [0.2, 0.25) is 0 Å². The second-order valence-corrected chi connectivity index (χ2v) is 8.71. The number of rotatable bonds is 8. The number of ether oxygens (including phenoxy) is 1. The molecule has 1 aliphatic carbocycles. The van der Waals surface area contributed by atoms with E-state index in [1.165, 1.54) is 11.8 Å². The van der Waals surface area contributed by atoms with Gasteiger partial charge in [-0.1, -0.05) is 48.2 Å². The highest BCUT2D eigenvalue weighted by Crippen LogP contribution is 2.33. The summed E-state index contributed by atoms with van der Waals surface area (Å²) in [5, 5.41) is 14.9. The maximum Gasteiger partial charge on any atom is 0.339 e. The molecule has 0 heterocycles. The van der Waals surface area contributed by atoms with Crippen LogP contribution in [0.1, 0.15) is 39.1 Å². The van der Waals surface area contributed by atoms with E-state index >= 15 is 0 Å². The van der Waals surface area contributed by atoms with Gasteiger partial charge in [-0.15, -0.1) is 0 Å². The number of carbonyl (C=O) groups is 3. The van der Waals surface area contributed by atoms with Gasteiger partial charge in [0.1, 0.15) is 6.07 Å². The molecule has 0 unspecified atom stereocenters. The number of nitriles is 1. The fraction of sp³-hybridized carbons (Fsp3) is 0.154. The van der Waals surface area contributed by atoms with Crippen molar-refractivity contribution < 1.29 is 19.1 Å². The molecule has 1 saturated carbocycles. The molecule has 0 aromatic heterocycles. The molecule has 4 rings (SSSR count). The Hall–Kier alpha value is -4.09. The lowest BCUT2D eigenvalue weighted by Crippen LogP contribution is -2.28. The van der Waals surface area contributed by atoms with Crippen LogP contribution in [0.25, 0.3) is 0 Å². The molecule has 2 amide bonds. The first-order valence-corrected chi connectivity index (χ1v) is 11.5. The third kappa shape index (κ3) is 5.82. The SMILES string of the molecule is N#Cc1ccccc1Sc1ccccc1C(=O)OCC(=O)Nc1ccccc1C(=O)NC1CC1. The number of benzene rings is 3. The highest BCUT2D eigenvalue weighted by atomic mass is 32.2. The average Bonchev–Trinajstić information content (AvgIpc) is 3.67. The molecule has 3 aromatic carbocycles. The summed E-state index contributed by atoms with van der Waals surface area (Å²) in [4.78, 5) is 38.9. The van der Waals surface area contributed by atoms with Gasteiger partial charge in [-0.3, -0.25) is 9.59 Å². The van der Waals surface area contributed by atoms with Gasteiger partial charge in [0.15, 0.2) is 6.61 Å². The highest BCUT2D eigenvalue weighted by Gasteiger charge is 2.25. The van der Waals surface area contributed by atoms with Crippen LogP contribution in [0.2, 0.25) is 0 Å². The first-order chi connectivity index (χ1) is 16.5. The van der Waals surface area contributed by atoms with Crippen molar-refractivity contribution in [2.45, 2.75) is 28.7 Å². The quantitative estimate of drug-likeness (QED) is 0.472. The van der Waals surface area contributed by atoms with Crippen molar-refractivity contribution in [2.75, 3.05) is 11.9 Å². The van der Waals surface area contributed by atoms with Gasteiger partial charge in [0.25, 0.3) is 11.8 Å². The van der Waals surface area contributed by atoms with E-state index in [0.717, 1.165) is 12.8 Å². The zero-order valence-electron chi connectivity index (χ0n) is 18.1. The van der Waals surface area contributed by atoms with Crippen molar-refractivity contribution in [2.24, 2.45) is 0 Å². The summed E-state index contributed by atoms with van der Waals surface area (Å²) in [6.45, 7) is -0.509. The summed E-state index contributed by atoms with van der Waals surface area (Å²) >= 11 is 1.28. The number of hydrogen-bond donors (Lipinski definition) is 2. The van der Waals surface area contributed by atoms with Gasteiger partial charge in [-0.05, 0) is 49.2 Å². The zero-order chi connectivity index (χ0) is 23.9.